The first-order chi connectivity index (χ1) is 6.25. The van der Waals surface area contributed by atoms with Crippen molar-refractivity contribution < 1.29 is 4.42 Å². The van der Waals surface area contributed by atoms with E-state index in [1.807, 2.05) is 12.1 Å². The summed E-state index contributed by atoms with van der Waals surface area (Å²) in [7, 11) is 0. The monoisotopic (exact) mass is 175 g/mol. The normalized spacial score (nSPS) is 10.2. The second-order valence-corrected chi connectivity index (χ2v) is 2.68. The molecule has 4 nitrogen and oxygen atoms in total. The van der Waals surface area contributed by atoms with Crippen LogP contribution in [0.4, 0.5) is 11.7 Å². The van der Waals surface area contributed by atoms with Crippen LogP contribution in [-0.2, 0) is 0 Å². The van der Waals surface area contributed by atoms with Gasteiger partial charge in [0.05, 0.1) is 6.20 Å². The molecule has 0 aliphatic rings. The summed E-state index contributed by atoms with van der Waals surface area (Å²) in [5, 5.41) is 0. The third kappa shape index (κ3) is 1.46. The fourth-order valence-electron chi connectivity index (χ4n) is 1.07. The number of benzene rings is 1. The summed E-state index contributed by atoms with van der Waals surface area (Å²) in [6.45, 7) is 0. The molecule has 4 heteroatoms. The summed E-state index contributed by atoms with van der Waals surface area (Å²) >= 11 is 0. The fourth-order valence-corrected chi connectivity index (χ4v) is 1.07. The molecule has 0 radical (unpaired) electrons. The van der Waals surface area contributed by atoms with Gasteiger partial charge in [0, 0.05) is 11.3 Å². The third-order valence-electron chi connectivity index (χ3n) is 1.72. The van der Waals surface area contributed by atoms with Crippen LogP contribution >= 0.6 is 0 Å². The van der Waals surface area contributed by atoms with Crippen LogP contribution in [0.3, 0.4) is 0 Å². The summed E-state index contributed by atoms with van der Waals surface area (Å²) in [5.41, 5.74) is 12.5. The zero-order valence-electron chi connectivity index (χ0n) is 6.90. The largest absolute Gasteiger partial charge is 0.424 e. The average molecular weight is 175 g/mol. The first-order valence-electron chi connectivity index (χ1n) is 3.83. The number of anilines is 2. The van der Waals surface area contributed by atoms with Crippen LogP contribution in [0.2, 0.25) is 0 Å². The van der Waals surface area contributed by atoms with Gasteiger partial charge in [0.15, 0.2) is 5.76 Å². The van der Waals surface area contributed by atoms with E-state index in [9.17, 15) is 0 Å². The minimum absolute atomic E-state index is 0.173. The lowest BCUT2D eigenvalue weighted by Gasteiger charge is -1.95. The number of rotatable bonds is 1. The molecule has 2 aromatic rings. The Morgan fingerprint density at radius 1 is 1.08 bits per heavy atom. The molecule has 0 fully saturated rings. The standard InChI is InChI=1S/C9H9N3O/c10-7-3-1-6(2-4-7)8-5-12-9(11)13-8/h1-5H,10H2,(H2,11,12). The highest BCUT2D eigenvalue weighted by Gasteiger charge is 2.02. The van der Waals surface area contributed by atoms with E-state index in [1.165, 1.54) is 0 Å². The van der Waals surface area contributed by atoms with E-state index in [0.29, 0.717) is 5.76 Å². The molecule has 66 valence electrons. The summed E-state index contributed by atoms with van der Waals surface area (Å²) in [6.07, 6.45) is 1.58. The number of nitrogens with two attached hydrogens (primary N) is 2. The Bertz CT molecular complexity index is 405. The lowest BCUT2D eigenvalue weighted by atomic mass is 10.2. The van der Waals surface area contributed by atoms with Gasteiger partial charge in [0.25, 0.3) is 6.01 Å². The molecule has 0 atom stereocenters. The highest BCUT2D eigenvalue weighted by atomic mass is 16.4. The highest BCUT2D eigenvalue weighted by Crippen LogP contribution is 2.21. The molecule has 2 rings (SSSR count). The van der Waals surface area contributed by atoms with Crippen molar-refractivity contribution in [2.75, 3.05) is 11.5 Å². The van der Waals surface area contributed by atoms with E-state index in [-0.39, 0.29) is 6.01 Å². The van der Waals surface area contributed by atoms with Crippen LogP contribution in [0.15, 0.2) is 34.9 Å². The van der Waals surface area contributed by atoms with Crippen LogP contribution in [0.5, 0.6) is 0 Å². The Hall–Kier alpha value is -1.97. The molecule has 0 spiro atoms. The molecule has 1 aromatic heterocycles. The van der Waals surface area contributed by atoms with Crippen molar-refractivity contribution in [3.05, 3.63) is 30.5 Å². The Labute approximate surface area is 75.2 Å². The minimum atomic E-state index is 0.173. The van der Waals surface area contributed by atoms with E-state index in [4.69, 9.17) is 15.9 Å². The molecular weight excluding hydrogens is 166 g/mol. The van der Waals surface area contributed by atoms with Crippen molar-refractivity contribution in [3.63, 3.8) is 0 Å². The number of oxazole rings is 1. The zero-order chi connectivity index (χ0) is 9.26. The Morgan fingerprint density at radius 3 is 2.31 bits per heavy atom. The summed E-state index contributed by atoms with van der Waals surface area (Å²) in [4.78, 5) is 3.80. The third-order valence-corrected chi connectivity index (χ3v) is 1.72. The Kier molecular flexibility index (Phi) is 1.66. The molecule has 0 aliphatic heterocycles. The molecule has 1 aromatic carbocycles. The van der Waals surface area contributed by atoms with E-state index < -0.39 is 0 Å². The van der Waals surface area contributed by atoms with Crippen molar-refractivity contribution in [2.45, 2.75) is 0 Å². The second kappa shape index (κ2) is 2.82. The number of nitrogen functional groups attached to an aromatic ring is 2. The van der Waals surface area contributed by atoms with Crippen LogP contribution < -0.4 is 11.5 Å². The quantitative estimate of drug-likeness (QED) is 0.644. The van der Waals surface area contributed by atoms with E-state index in [2.05, 4.69) is 4.98 Å². The molecule has 0 unspecified atom stereocenters. The van der Waals surface area contributed by atoms with Gasteiger partial charge in [0.2, 0.25) is 0 Å². The van der Waals surface area contributed by atoms with Crippen LogP contribution in [0, 0.1) is 0 Å². The zero-order valence-corrected chi connectivity index (χ0v) is 6.90. The summed E-state index contributed by atoms with van der Waals surface area (Å²) in [5.74, 6) is 0.650. The van der Waals surface area contributed by atoms with E-state index in [0.717, 1.165) is 11.3 Å². The number of hydrogen-bond donors (Lipinski definition) is 2. The van der Waals surface area contributed by atoms with Crippen molar-refractivity contribution in [1.29, 1.82) is 0 Å². The molecule has 13 heavy (non-hydrogen) atoms. The number of nitrogens with zero attached hydrogens (tertiary/aromatic N) is 1. The maximum absolute atomic E-state index is 5.54. The van der Waals surface area contributed by atoms with Gasteiger partial charge in [-0.15, -0.1) is 0 Å². The molecule has 1 heterocycles. The molecule has 4 N–H and O–H groups in total. The molecule has 0 bridgehead atoms. The molecule has 0 saturated heterocycles. The van der Waals surface area contributed by atoms with Crippen molar-refractivity contribution >= 4 is 11.7 Å². The Morgan fingerprint density at radius 2 is 1.77 bits per heavy atom. The molecular formula is C9H9N3O. The molecule has 0 saturated carbocycles. The van der Waals surface area contributed by atoms with Gasteiger partial charge in [-0.05, 0) is 24.3 Å². The second-order valence-electron chi connectivity index (χ2n) is 2.68. The fraction of sp³-hybridized carbons (Fsp3) is 0. The molecule has 0 aliphatic carbocycles. The van der Waals surface area contributed by atoms with E-state index in [1.54, 1.807) is 18.3 Å². The van der Waals surface area contributed by atoms with Gasteiger partial charge in [-0.3, -0.25) is 0 Å². The Balaban J connectivity index is 2.41. The predicted octanol–water partition coefficient (Wildman–Crippen LogP) is 1.51. The smallest absolute Gasteiger partial charge is 0.292 e. The van der Waals surface area contributed by atoms with E-state index >= 15 is 0 Å². The highest BCUT2D eigenvalue weighted by molar-refractivity contribution is 5.60. The van der Waals surface area contributed by atoms with Gasteiger partial charge >= 0.3 is 0 Å². The van der Waals surface area contributed by atoms with Crippen molar-refractivity contribution in [3.8, 4) is 11.3 Å². The lowest BCUT2D eigenvalue weighted by Crippen LogP contribution is -1.82. The van der Waals surface area contributed by atoms with Gasteiger partial charge in [-0.1, -0.05) is 0 Å². The van der Waals surface area contributed by atoms with Gasteiger partial charge in [0.1, 0.15) is 0 Å². The van der Waals surface area contributed by atoms with Crippen LogP contribution in [0.25, 0.3) is 11.3 Å². The first kappa shape index (κ1) is 7.67. The molecule has 0 amide bonds. The maximum Gasteiger partial charge on any atom is 0.292 e. The maximum atomic E-state index is 5.54. The van der Waals surface area contributed by atoms with Gasteiger partial charge < -0.3 is 15.9 Å². The summed E-state index contributed by atoms with van der Waals surface area (Å²) in [6, 6.07) is 7.49. The minimum Gasteiger partial charge on any atom is -0.424 e. The number of aromatic nitrogens is 1. The number of hydrogen-bond acceptors (Lipinski definition) is 4. The first-order valence-corrected chi connectivity index (χ1v) is 3.83. The predicted molar refractivity (Wildman–Crippen MR) is 50.8 cm³/mol. The van der Waals surface area contributed by atoms with Crippen LogP contribution in [0.1, 0.15) is 0 Å². The van der Waals surface area contributed by atoms with Crippen molar-refractivity contribution in [1.82, 2.24) is 4.98 Å². The topological polar surface area (TPSA) is 78.1 Å². The SMILES string of the molecule is Nc1ccc(-c2cnc(N)o2)cc1. The average Bonchev–Trinajstić information content (AvgIpc) is 2.53. The van der Waals surface area contributed by atoms with Crippen molar-refractivity contribution in [2.24, 2.45) is 0 Å². The lowest BCUT2D eigenvalue weighted by molar-refractivity contribution is 0.595. The summed E-state index contributed by atoms with van der Waals surface area (Å²) < 4.78 is 5.14. The van der Waals surface area contributed by atoms with Gasteiger partial charge in [-0.2, -0.15) is 0 Å². The van der Waals surface area contributed by atoms with Gasteiger partial charge in [-0.25, -0.2) is 4.98 Å². The van der Waals surface area contributed by atoms with Crippen LogP contribution in [-0.4, -0.2) is 4.98 Å².